The fourth-order valence-corrected chi connectivity index (χ4v) is 3.34. The molecule has 0 aromatic rings. The standard InChI is InChI=1S/C15H29N/c1-3-15(4-2,12-16-14-9-10-14)11-13-7-5-6-8-13/h13-14,16H,3-12H2,1-2H3. The van der Waals surface area contributed by atoms with Crippen molar-refractivity contribution < 1.29 is 0 Å². The third-order valence-electron chi connectivity index (χ3n) is 5.04. The average molecular weight is 223 g/mol. The molecule has 2 rings (SSSR count). The summed E-state index contributed by atoms with van der Waals surface area (Å²) in [6.45, 7) is 6.07. The highest BCUT2D eigenvalue weighted by molar-refractivity contribution is 4.88. The monoisotopic (exact) mass is 223 g/mol. The van der Waals surface area contributed by atoms with Gasteiger partial charge >= 0.3 is 0 Å². The Bertz CT molecular complexity index is 197. The molecule has 0 amide bonds. The summed E-state index contributed by atoms with van der Waals surface area (Å²) in [5.41, 5.74) is 0.609. The second-order valence-electron chi connectivity index (χ2n) is 6.22. The molecule has 16 heavy (non-hydrogen) atoms. The van der Waals surface area contributed by atoms with Crippen molar-refractivity contribution in [1.82, 2.24) is 5.32 Å². The molecule has 0 aliphatic heterocycles. The van der Waals surface area contributed by atoms with Gasteiger partial charge in [-0.25, -0.2) is 0 Å². The minimum atomic E-state index is 0.609. The van der Waals surface area contributed by atoms with Crippen LogP contribution in [-0.4, -0.2) is 12.6 Å². The summed E-state index contributed by atoms with van der Waals surface area (Å²) in [5, 5.41) is 3.77. The second kappa shape index (κ2) is 5.53. The van der Waals surface area contributed by atoms with Crippen molar-refractivity contribution in [1.29, 1.82) is 0 Å². The lowest BCUT2D eigenvalue weighted by Crippen LogP contribution is -2.36. The third kappa shape index (κ3) is 3.23. The van der Waals surface area contributed by atoms with E-state index in [0.717, 1.165) is 12.0 Å². The summed E-state index contributed by atoms with van der Waals surface area (Å²) in [6, 6.07) is 0.876. The van der Waals surface area contributed by atoms with E-state index in [2.05, 4.69) is 19.2 Å². The van der Waals surface area contributed by atoms with Crippen molar-refractivity contribution in [2.75, 3.05) is 6.54 Å². The molecule has 1 nitrogen and oxygen atoms in total. The van der Waals surface area contributed by atoms with Crippen molar-refractivity contribution in [2.24, 2.45) is 11.3 Å². The normalized spacial score (nSPS) is 22.9. The lowest BCUT2D eigenvalue weighted by atomic mass is 9.74. The smallest absolute Gasteiger partial charge is 0.00684 e. The van der Waals surface area contributed by atoms with Crippen LogP contribution in [0.1, 0.15) is 71.6 Å². The average Bonchev–Trinajstić information content (AvgIpc) is 3.02. The van der Waals surface area contributed by atoms with Gasteiger partial charge in [-0.3, -0.25) is 0 Å². The Kier molecular flexibility index (Phi) is 4.29. The maximum atomic E-state index is 3.77. The number of rotatable bonds is 7. The molecule has 0 heterocycles. The van der Waals surface area contributed by atoms with Crippen LogP contribution in [0.3, 0.4) is 0 Å². The molecule has 0 aromatic heterocycles. The molecular weight excluding hydrogens is 194 g/mol. The predicted molar refractivity (Wildman–Crippen MR) is 70.6 cm³/mol. The summed E-state index contributed by atoms with van der Waals surface area (Å²) in [7, 11) is 0. The Morgan fingerprint density at radius 1 is 1.00 bits per heavy atom. The van der Waals surface area contributed by atoms with Crippen molar-refractivity contribution >= 4 is 0 Å². The molecule has 0 saturated heterocycles. The van der Waals surface area contributed by atoms with Gasteiger partial charge in [0.1, 0.15) is 0 Å². The Morgan fingerprint density at radius 3 is 2.12 bits per heavy atom. The topological polar surface area (TPSA) is 12.0 Å². The molecule has 0 radical (unpaired) electrons. The highest BCUT2D eigenvalue weighted by Gasteiger charge is 2.32. The zero-order chi connectivity index (χ0) is 11.4. The molecular formula is C15H29N. The molecule has 2 aliphatic rings. The number of hydrogen-bond donors (Lipinski definition) is 1. The van der Waals surface area contributed by atoms with E-state index in [1.54, 1.807) is 0 Å². The Morgan fingerprint density at radius 2 is 1.62 bits per heavy atom. The molecule has 2 fully saturated rings. The van der Waals surface area contributed by atoms with E-state index in [9.17, 15) is 0 Å². The van der Waals surface area contributed by atoms with Gasteiger partial charge in [0, 0.05) is 12.6 Å². The predicted octanol–water partition coefficient (Wildman–Crippen LogP) is 4.13. The molecule has 1 N–H and O–H groups in total. The van der Waals surface area contributed by atoms with Gasteiger partial charge in [0.15, 0.2) is 0 Å². The lowest BCUT2D eigenvalue weighted by molar-refractivity contribution is 0.187. The van der Waals surface area contributed by atoms with Crippen LogP contribution in [0.15, 0.2) is 0 Å². The van der Waals surface area contributed by atoms with Crippen LogP contribution in [-0.2, 0) is 0 Å². The van der Waals surface area contributed by atoms with Crippen LogP contribution >= 0.6 is 0 Å². The largest absolute Gasteiger partial charge is 0.313 e. The molecule has 1 heteroatoms. The molecule has 94 valence electrons. The third-order valence-corrected chi connectivity index (χ3v) is 5.04. The highest BCUT2D eigenvalue weighted by atomic mass is 15.0. The SMILES string of the molecule is CCC(CC)(CNC1CC1)CC1CCCC1. The molecule has 2 aliphatic carbocycles. The van der Waals surface area contributed by atoms with Crippen LogP contribution < -0.4 is 5.32 Å². The Balaban J connectivity index is 1.83. The first-order valence-corrected chi connectivity index (χ1v) is 7.51. The summed E-state index contributed by atoms with van der Waals surface area (Å²) < 4.78 is 0. The molecule has 2 saturated carbocycles. The summed E-state index contributed by atoms with van der Waals surface area (Å²) >= 11 is 0. The van der Waals surface area contributed by atoms with Gasteiger partial charge in [-0.15, -0.1) is 0 Å². The Labute approximate surface area is 101 Å². The minimum Gasteiger partial charge on any atom is -0.313 e. The van der Waals surface area contributed by atoms with E-state index in [-0.39, 0.29) is 0 Å². The van der Waals surface area contributed by atoms with Crippen LogP contribution in [0.4, 0.5) is 0 Å². The van der Waals surface area contributed by atoms with Gasteiger partial charge in [0.2, 0.25) is 0 Å². The van der Waals surface area contributed by atoms with Gasteiger partial charge in [-0.1, -0.05) is 39.5 Å². The molecule has 0 aromatic carbocycles. The lowest BCUT2D eigenvalue weighted by Gasteiger charge is -2.35. The van der Waals surface area contributed by atoms with Crippen molar-refractivity contribution in [2.45, 2.75) is 77.7 Å². The van der Waals surface area contributed by atoms with E-state index in [1.165, 1.54) is 64.3 Å². The zero-order valence-electron chi connectivity index (χ0n) is 11.2. The van der Waals surface area contributed by atoms with Crippen molar-refractivity contribution in [3.05, 3.63) is 0 Å². The minimum absolute atomic E-state index is 0.609. The molecule has 0 bridgehead atoms. The van der Waals surface area contributed by atoms with Crippen molar-refractivity contribution in [3.63, 3.8) is 0 Å². The van der Waals surface area contributed by atoms with E-state index in [4.69, 9.17) is 0 Å². The quantitative estimate of drug-likeness (QED) is 0.684. The maximum Gasteiger partial charge on any atom is 0.00684 e. The van der Waals surface area contributed by atoms with Crippen molar-refractivity contribution in [3.8, 4) is 0 Å². The summed E-state index contributed by atoms with van der Waals surface area (Å²) in [4.78, 5) is 0. The van der Waals surface area contributed by atoms with E-state index in [0.29, 0.717) is 5.41 Å². The fourth-order valence-electron chi connectivity index (χ4n) is 3.34. The number of nitrogens with one attached hydrogen (secondary N) is 1. The van der Waals surface area contributed by atoms with Gasteiger partial charge in [0.25, 0.3) is 0 Å². The molecule has 0 unspecified atom stereocenters. The Hall–Kier alpha value is -0.0400. The molecule has 0 spiro atoms. The first-order chi connectivity index (χ1) is 7.78. The van der Waals surface area contributed by atoms with Gasteiger partial charge in [-0.05, 0) is 43.4 Å². The van der Waals surface area contributed by atoms with Gasteiger partial charge in [-0.2, -0.15) is 0 Å². The fraction of sp³-hybridized carbons (Fsp3) is 1.00. The highest BCUT2D eigenvalue weighted by Crippen LogP contribution is 2.40. The maximum absolute atomic E-state index is 3.77. The molecule has 0 atom stereocenters. The first-order valence-electron chi connectivity index (χ1n) is 7.51. The summed E-state index contributed by atoms with van der Waals surface area (Å²) in [5.74, 6) is 1.04. The zero-order valence-corrected chi connectivity index (χ0v) is 11.2. The number of hydrogen-bond acceptors (Lipinski definition) is 1. The van der Waals surface area contributed by atoms with Crippen LogP contribution in [0.25, 0.3) is 0 Å². The van der Waals surface area contributed by atoms with E-state index >= 15 is 0 Å². The van der Waals surface area contributed by atoms with Gasteiger partial charge < -0.3 is 5.32 Å². The van der Waals surface area contributed by atoms with Gasteiger partial charge in [0.05, 0.1) is 0 Å². The van der Waals surface area contributed by atoms with Crippen LogP contribution in [0.2, 0.25) is 0 Å². The van der Waals surface area contributed by atoms with E-state index < -0.39 is 0 Å². The second-order valence-corrected chi connectivity index (χ2v) is 6.22. The summed E-state index contributed by atoms with van der Waals surface area (Å²) in [6.07, 6.45) is 13.0. The van der Waals surface area contributed by atoms with Crippen LogP contribution in [0.5, 0.6) is 0 Å². The van der Waals surface area contributed by atoms with Crippen LogP contribution in [0, 0.1) is 11.3 Å². The first kappa shape index (κ1) is 12.4. The van der Waals surface area contributed by atoms with E-state index in [1.807, 2.05) is 0 Å².